The molecule has 0 radical (unpaired) electrons. The zero-order valence-electron chi connectivity index (χ0n) is 14.3. The van der Waals surface area contributed by atoms with Gasteiger partial charge in [0.15, 0.2) is 0 Å². The Hall–Kier alpha value is -1.84. The predicted octanol–water partition coefficient (Wildman–Crippen LogP) is 3.96. The maximum atomic E-state index is 5.91. The van der Waals surface area contributed by atoms with Crippen LogP contribution >= 0.6 is 0 Å². The molecule has 0 aliphatic rings. The molecule has 2 aromatic rings. The molecule has 23 heavy (non-hydrogen) atoms. The quantitative estimate of drug-likeness (QED) is 0.760. The second-order valence-corrected chi connectivity index (χ2v) is 6.15. The van der Waals surface area contributed by atoms with Crippen LogP contribution in [0.25, 0.3) is 0 Å². The summed E-state index contributed by atoms with van der Waals surface area (Å²) >= 11 is 0. The van der Waals surface area contributed by atoms with Crippen LogP contribution in [0.1, 0.15) is 25.0 Å². The highest BCUT2D eigenvalue weighted by atomic mass is 16.5. The van der Waals surface area contributed by atoms with Crippen LogP contribution in [0.5, 0.6) is 5.75 Å². The number of nitrogens with one attached hydrogen (secondary N) is 1. The maximum absolute atomic E-state index is 5.91. The van der Waals surface area contributed by atoms with Crippen molar-refractivity contribution in [2.75, 3.05) is 13.2 Å². The Kier molecular flexibility index (Phi) is 7.11. The minimum absolute atomic E-state index is 0.166. The standard InChI is InChI=1S/C20H27NO2/c1-16(2)21-19(14-22-13-18-9-5-4-6-10-18)15-23-20-11-7-8-17(3)12-20/h4-12,16,19,21H,13-15H2,1-3H3/t19-/m0/s1. The first-order valence-corrected chi connectivity index (χ1v) is 8.20. The van der Waals surface area contributed by atoms with Crippen molar-refractivity contribution >= 4 is 0 Å². The molecule has 0 aliphatic carbocycles. The van der Waals surface area contributed by atoms with E-state index in [1.807, 2.05) is 30.3 Å². The number of aryl methyl sites for hydroxylation is 1. The lowest BCUT2D eigenvalue weighted by atomic mass is 10.2. The molecule has 0 spiro atoms. The SMILES string of the molecule is Cc1cccc(OC[C@H](COCc2ccccc2)NC(C)C)c1. The Morgan fingerprint density at radius 1 is 0.957 bits per heavy atom. The van der Waals surface area contributed by atoms with Crippen LogP contribution in [-0.4, -0.2) is 25.3 Å². The van der Waals surface area contributed by atoms with E-state index in [0.717, 1.165) is 5.75 Å². The number of rotatable bonds is 9. The summed E-state index contributed by atoms with van der Waals surface area (Å²) in [7, 11) is 0. The van der Waals surface area contributed by atoms with Gasteiger partial charge in [0.05, 0.1) is 19.3 Å². The third kappa shape index (κ3) is 6.85. The van der Waals surface area contributed by atoms with E-state index >= 15 is 0 Å². The van der Waals surface area contributed by atoms with Gasteiger partial charge in [-0.25, -0.2) is 0 Å². The molecule has 3 heteroatoms. The zero-order chi connectivity index (χ0) is 16.5. The molecule has 0 aromatic heterocycles. The first-order chi connectivity index (χ1) is 11.1. The van der Waals surface area contributed by atoms with Crippen molar-refractivity contribution in [1.29, 1.82) is 0 Å². The van der Waals surface area contributed by atoms with Gasteiger partial charge in [0.25, 0.3) is 0 Å². The number of benzene rings is 2. The molecule has 0 saturated carbocycles. The smallest absolute Gasteiger partial charge is 0.119 e. The van der Waals surface area contributed by atoms with Crippen LogP contribution in [-0.2, 0) is 11.3 Å². The first kappa shape index (κ1) is 17.5. The van der Waals surface area contributed by atoms with E-state index in [1.165, 1.54) is 11.1 Å². The summed E-state index contributed by atoms with van der Waals surface area (Å²) in [4.78, 5) is 0. The third-order valence-electron chi connectivity index (χ3n) is 3.44. The molecule has 3 nitrogen and oxygen atoms in total. The monoisotopic (exact) mass is 313 g/mol. The average molecular weight is 313 g/mol. The van der Waals surface area contributed by atoms with Gasteiger partial charge >= 0.3 is 0 Å². The molecule has 1 N–H and O–H groups in total. The van der Waals surface area contributed by atoms with Crippen molar-refractivity contribution in [3.05, 3.63) is 65.7 Å². The van der Waals surface area contributed by atoms with Crippen LogP contribution in [0.3, 0.4) is 0 Å². The van der Waals surface area contributed by atoms with Gasteiger partial charge in [-0.15, -0.1) is 0 Å². The Balaban J connectivity index is 1.81. The van der Waals surface area contributed by atoms with E-state index in [9.17, 15) is 0 Å². The number of hydrogen-bond acceptors (Lipinski definition) is 3. The summed E-state index contributed by atoms with van der Waals surface area (Å²) in [6.45, 7) is 8.18. The van der Waals surface area contributed by atoms with E-state index in [-0.39, 0.29) is 6.04 Å². The van der Waals surface area contributed by atoms with Gasteiger partial charge in [-0.1, -0.05) is 56.3 Å². The molecule has 0 heterocycles. The van der Waals surface area contributed by atoms with E-state index in [0.29, 0.717) is 25.9 Å². The summed E-state index contributed by atoms with van der Waals surface area (Å²) in [5.41, 5.74) is 2.39. The lowest BCUT2D eigenvalue weighted by molar-refractivity contribution is 0.0797. The summed E-state index contributed by atoms with van der Waals surface area (Å²) in [6, 6.07) is 18.9. The minimum Gasteiger partial charge on any atom is -0.492 e. The molecule has 0 aliphatic heterocycles. The molecule has 2 rings (SSSR count). The van der Waals surface area contributed by atoms with Gasteiger partial charge < -0.3 is 14.8 Å². The van der Waals surface area contributed by atoms with Crippen molar-refractivity contribution in [1.82, 2.24) is 5.32 Å². The van der Waals surface area contributed by atoms with Gasteiger partial charge in [-0.2, -0.15) is 0 Å². The van der Waals surface area contributed by atoms with Gasteiger partial charge in [-0.05, 0) is 30.2 Å². The molecule has 0 fully saturated rings. The van der Waals surface area contributed by atoms with Gasteiger partial charge in [0, 0.05) is 6.04 Å². The van der Waals surface area contributed by atoms with Crippen LogP contribution in [0.4, 0.5) is 0 Å². The summed E-state index contributed by atoms with van der Waals surface area (Å²) < 4.78 is 11.8. The van der Waals surface area contributed by atoms with Crippen LogP contribution in [0.15, 0.2) is 54.6 Å². The Morgan fingerprint density at radius 2 is 1.74 bits per heavy atom. The molecule has 0 amide bonds. The Labute approximate surface area is 139 Å². The van der Waals surface area contributed by atoms with E-state index in [2.05, 4.69) is 50.4 Å². The third-order valence-corrected chi connectivity index (χ3v) is 3.44. The van der Waals surface area contributed by atoms with E-state index in [4.69, 9.17) is 9.47 Å². The first-order valence-electron chi connectivity index (χ1n) is 8.20. The van der Waals surface area contributed by atoms with Crippen LogP contribution < -0.4 is 10.1 Å². The van der Waals surface area contributed by atoms with E-state index in [1.54, 1.807) is 0 Å². The fourth-order valence-electron chi connectivity index (χ4n) is 2.41. The molecule has 1 atom stereocenters. The highest BCUT2D eigenvalue weighted by Crippen LogP contribution is 2.12. The lowest BCUT2D eigenvalue weighted by Gasteiger charge is -2.22. The average Bonchev–Trinajstić information content (AvgIpc) is 2.53. The second kappa shape index (κ2) is 9.33. The van der Waals surface area contributed by atoms with Crippen molar-refractivity contribution in [3.63, 3.8) is 0 Å². The summed E-state index contributed by atoms with van der Waals surface area (Å²) in [5, 5.41) is 3.50. The van der Waals surface area contributed by atoms with Gasteiger partial charge in [-0.3, -0.25) is 0 Å². The largest absolute Gasteiger partial charge is 0.492 e. The fraction of sp³-hybridized carbons (Fsp3) is 0.400. The Bertz CT molecular complexity index is 569. The van der Waals surface area contributed by atoms with Gasteiger partial charge in [0.1, 0.15) is 12.4 Å². The van der Waals surface area contributed by atoms with Crippen LogP contribution in [0, 0.1) is 6.92 Å². The highest BCUT2D eigenvalue weighted by molar-refractivity contribution is 5.27. The molecule has 124 valence electrons. The highest BCUT2D eigenvalue weighted by Gasteiger charge is 2.11. The van der Waals surface area contributed by atoms with E-state index < -0.39 is 0 Å². The van der Waals surface area contributed by atoms with Crippen molar-refractivity contribution < 1.29 is 9.47 Å². The van der Waals surface area contributed by atoms with Crippen molar-refractivity contribution in [3.8, 4) is 5.75 Å². The second-order valence-electron chi connectivity index (χ2n) is 6.15. The molecule has 2 aromatic carbocycles. The molecule has 0 unspecified atom stereocenters. The molecular formula is C20H27NO2. The minimum atomic E-state index is 0.166. The van der Waals surface area contributed by atoms with Gasteiger partial charge in [0.2, 0.25) is 0 Å². The zero-order valence-corrected chi connectivity index (χ0v) is 14.3. The Morgan fingerprint density at radius 3 is 2.43 bits per heavy atom. The fourth-order valence-corrected chi connectivity index (χ4v) is 2.41. The lowest BCUT2D eigenvalue weighted by Crippen LogP contribution is -2.42. The normalized spacial score (nSPS) is 12.3. The number of ether oxygens (including phenoxy) is 2. The topological polar surface area (TPSA) is 30.5 Å². The van der Waals surface area contributed by atoms with Crippen LogP contribution in [0.2, 0.25) is 0 Å². The summed E-state index contributed by atoms with van der Waals surface area (Å²) in [6.07, 6.45) is 0. The molecule has 0 saturated heterocycles. The molecular weight excluding hydrogens is 286 g/mol. The molecule has 0 bridgehead atoms. The maximum Gasteiger partial charge on any atom is 0.119 e. The summed E-state index contributed by atoms with van der Waals surface area (Å²) in [5.74, 6) is 0.906. The predicted molar refractivity (Wildman–Crippen MR) is 94.8 cm³/mol. The van der Waals surface area contributed by atoms with Crippen molar-refractivity contribution in [2.45, 2.75) is 39.5 Å². The number of hydrogen-bond donors (Lipinski definition) is 1. The van der Waals surface area contributed by atoms with Crippen molar-refractivity contribution in [2.24, 2.45) is 0 Å².